The van der Waals surface area contributed by atoms with Gasteiger partial charge in [0.15, 0.2) is 0 Å². The summed E-state index contributed by atoms with van der Waals surface area (Å²) >= 11 is 6.14. The first-order chi connectivity index (χ1) is 8.72. The number of aromatic hydroxyl groups is 1. The highest BCUT2D eigenvalue weighted by atomic mass is 35.5. The fourth-order valence-electron chi connectivity index (χ4n) is 2.33. The summed E-state index contributed by atoms with van der Waals surface area (Å²) in [5, 5.41) is 17.3. The maximum atomic E-state index is 9.50. The molecule has 3 rings (SSSR count). The van der Waals surface area contributed by atoms with Crippen molar-refractivity contribution in [3.63, 3.8) is 0 Å². The second kappa shape index (κ2) is 4.63. The van der Waals surface area contributed by atoms with E-state index in [4.69, 9.17) is 11.6 Å². The van der Waals surface area contributed by atoms with Crippen LogP contribution in [0, 0.1) is 0 Å². The van der Waals surface area contributed by atoms with E-state index in [1.165, 1.54) is 11.3 Å². The van der Waals surface area contributed by atoms with Gasteiger partial charge in [-0.2, -0.15) is 5.10 Å². The minimum absolute atomic E-state index is 0.258. The Hall–Kier alpha value is -1.52. The molecule has 1 aliphatic heterocycles. The lowest BCUT2D eigenvalue weighted by atomic mass is 10.1. The molecule has 0 bridgehead atoms. The standard InChI is InChI=1S/C13H14ClN3O/c14-12-2-1-11(18)5-10(12)7-17-4-3-9-6-15-16-13(9)8-17/h1-2,5-6,18H,3-4,7-8H2,(H,15,16). The van der Waals surface area contributed by atoms with Gasteiger partial charge in [-0.15, -0.1) is 0 Å². The van der Waals surface area contributed by atoms with Crippen LogP contribution in [0.2, 0.25) is 5.02 Å². The third-order valence-corrected chi connectivity index (χ3v) is 3.68. The predicted octanol–water partition coefficient (Wildman–Crippen LogP) is 2.33. The van der Waals surface area contributed by atoms with Gasteiger partial charge in [-0.1, -0.05) is 11.6 Å². The van der Waals surface area contributed by atoms with Gasteiger partial charge in [-0.05, 0) is 35.7 Å². The van der Waals surface area contributed by atoms with Crippen LogP contribution in [0.4, 0.5) is 0 Å². The van der Waals surface area contributed by atoms with Crippen molar-refractivity contribution in [2.75, 3.05) is 6.54 Å². The van der Waals surface area contributed by atoms with Crippen LogP contribution < -0.4 is 0 Å². The molecule has 1 aromatic heterocycles. The molecule has 0 unspecified atom stereocenters. The first-order valence-corrected chi connectivity index (χ1v) is 6.31. The molecule has 0 radical (unpaired) electrons. The summed E-state index contributed by atoms with van der Waals surface area (Å²) in [6.07, 6.45) is 2.90. The minimum atomic E-state index is 0.258. The monoisotopic (exact) mass is 263 g/mol. The zero-order valence-electron chi connectivity index (χ0n) is 9.86. The van der Waals surface area contributed by atoms with Crippen LogP contribution in [0.15, 0.2) is 24.4 Å². The molecule has 0 fully saturated rings. The molecule has 2 heterocycles. The molecule has 0 saturated carbocycles. The zero-order valence-corrected chi connectivity index (χ0v) is 10.6. The summed E-state index contributed by atoms with van der Waals surface area (Å²) < 4.78 is 0. The largest absolute Gasteiger partial charge is 0.508 e. The minimum Gasteiger partial charge on any atom is -0.508 e. The SMILES string of the molecule is Oc1ccc(Cl)c(CN2CCc3cn[nH]c3C2)c1. The van der Waals surface area contributed by atoms with Crippen LogP contribution in [0.1, 0.15) is 16.8 Å². The zero-order chi connectivity index (χ0) is 12.5. The molecule has 0 amide bonds. The topological polar surface area (TPSA) is 52.1 Å². The summed E-state index contributed by atoms with van der Waals surface area (Å²) in [7, 11) is 0. The molecule has 4 nitrogen and oxygen atoms in total. The summed E-state index contributed by atoms with van der Waals surface area (Å²) in [5.41, 5.74) is 3.44. The van der Waals surface area contributed by atoms with Crippen molar-refractivity contribution in [3.8, 4) is 5.75 Å². The first-order valence-electron chi connectivity index (χ1n) is 5.93. The van der Waals surface area contributed by atoms with Crippen molar-refractivity contribution >= 4 is 11.6 Å². The third kappa shape index (κ3) is 2.21. The number of benzene rings is 1. The fraction of sp³-hybridized carbons (Fsp3) is 0.308. The highest BCUT2D eigenvalue weighted by Crippen LogP contribution is 2.25. The van der Waals surface area contributed by atoms with Crippen LogP contribution in [-0.4, -0.2) is 26.7 Å². The molecule has 0 spiro atoms. The lowest BCUT2D eigenvalue weighted by Crippen LogP contribution is -2.29. The average molecular weight is 264 g/mol. The Morgan fingerprint density at radius 1 is 1.44 bits per heavy atom. The Labute approximate surface area is 110 Å². The number of halogens is 1. The molecule has 94 valence electrons. The van der Waals surface area contributed by atoms with Gasteiger partial charge in [0.25, 0.3) is 0 Å². The fourth-order valence-corrected chi connectivity index (χ4v) is 2.51. The molecule has 0 saturated heterocycles. The lowest BCUT2D eigenvalue weighted by Gasteiger charge is -2.26. The van der Waals surface area contributed by atoms with E-state index in [2.05, 4.69) is 15.1 Å². The normalized spacial score (nSPS) is 15.6. The number of hydrogen-bond donors (Lipinski definition) is 2. The van der Waals surface area contributed by atoms with Crippen molar-refractivity contribution in [3.05, 3.63) is 46.2 Å². The molecule has 2 aromatic rings. The second-order valence-corrected chi connectivity index (χ2v) is 5.02. The van der Waals surface area contributed by atoms with Gasteiger partial charge < -0.3 is 5.11 Å². The lowest BCUT2D eigenvalue weighted by molar-refractivity contribution is 0.242. The van der Waals surface area contributed by atoms with Crippen molar-refractivity contribution in [1.29, 1.82) is 0 Å². The van der Waals surface area contributed by atoms with Gasteiger partial charge in [0.05, 0.1) is 11.9 Å². The Morgan fingerprint density at radius 3 is 3.22 bits per heavy atom. The number of rotatable bonds is 2. The van der Waals surface area contributed by atoms with E-state index >= 15 is 0 Å². The summed E-state index contributed by atoms with van der Waals surface area (Å²) in [4.78, 5) is 2.29. The summed E-state index contributed by atoms with van der Waals surface area (Å²) in [5.74, 6) is 0.258. The Kier molecular flexibility index (Phi) is 2.97. The quantitative estimate of drug-likeness (QED) is 0.874. The van der Waals surface area contributed by atoms with E-state index in [-0.39, 0.29) is 5.75 Å². The smallest absolute Gasteiger partial charge is 0.116 e. The molecular weight excluding hydrogens is 250 g/mol. The maximum absolute atomic E-state index is 9.50. The Morgan fingerprint density at radius 2 is 2.33 bits per heavy atom. The van der Waals surface area contributed by atoms with Crippen molar-refractivity contribution in [1.82, 2.24) is 15.1 Å². The highest BCUT2D eigenvalue weighted by molar-refractivity contribution is 6.31. The number of phenols is 1. The van der Waals surface area contributed by atoms with E-state index in [0.717, 1.165) is 31.6 Å². The van der Waals surface area contributed by atoms with Gasteiger partial charge in [0, 0.05) is 24.7 Å². The summed E-state index contributed by atoms with van der Waals surface area (Å²) in [6.45, 7) is 2.57. The van der Waals surface area contributed by atoms with Crippen LogP contribution in [0.25, 0.3) is 0 Å². The van der Waals surface area contributed by atoms with E-state index < -0.39 is 0 Å². The number of H-pyrrole nitrogens is 1. The van der Waals surface area contributed by atoms with Gasteiger partial charge >= 0.3 is 0 Å². The maximum Gasteiger partial charge on any atom is 0.116 e. The van der Waals surface area contributed by atoms with E-state index in [9.17, 15) is 5.11 Å². The van der Waals surface area contributed by atoms with E-state index in [1.54, 1.807) is 18.2 Å². The van der Waals surface area contributed by atoms with Crippen LogP contribution in [-0.2, 0) is 19.5 Å². The molecule has 1 aliphatic rings. The second-order valence-electron chi connectivity index (χ2n) is 4.61. The Balaban J connectivity index is 1.76. The molecule has 18 heavy (non-hydrogen) atoms. The molecule has 5 heteroatoms. The van der Waals surface area contributed by atoms with Crippen LogP contribution in [0.3, 0.4) is 0 Å². The van der Waals surface area contributed by atoms with Gasteiger partial charge in [0.1, 0.15) is 5.75 Å². The molecular formula is C13H14ClN3O. The number of nitrogens with one attached hydrogen (secondary N) is 1. The van der Waals surface area contributed by atoms with Gasteiger partial charge in [-0.25, -0.2) is 0 Å². The summed E-state index contributed by atoms with van der Waals surface area (Å²) in [6, 6.07) is 5.07. The van der Waals surface area contributed by atoms with Crippen LogP contribution in [0.5, 0.6) is 5.75 Å². The number of hydrogen-bond acceptors (Lipinski definition) is 3. The number of nitrogens with zero attached hydrogens (tertiary/aromatic N) is 2. The van der Waals surface area contributed by atoms with E-state index in [0.29, 0.717) is 5.02 Å². The Bertz CT molecular complexity index is 567. The number of fused-ring (bicyclic) bond motifs is 1. The number of phenolic OH excluding ortho intramolecular Hbond substituents is 1. The van der Waals surface area contributed by atoms with E-state index in [1.807, 2.05) is 6.20 Å². The predicted molar refractivity (Wildman–Crippen MR) is 69.5 cm³/mol. The molecule has 2 N–H and O–H groups in total. The van der Waals surface area contributed by atoms with Crippen molar-refractivity contribution < 1.29 is 5.11 Å². The number of aromatic nitrogens is 2. The first kappa shape index (κ1) is 11.6. The highest BCUT2D eigenvalue weighted by Gasteiger charge is 2.18. The third-order valence-electron chi connectivity index (χ3n) is 3.31. The number of aromatic amines is 1. The average Bonchev–Trinajstić information content (AvgIpc) is 2.81. The van der Waals surface area contributed by atoms with Crippen molar-refractivity contribution in [2.24, 2.45) is 0 Å². The van der Waals surface area contributed by atoms with Gasteiger partial charge in [-0.3, -0.25) is 10.00 Å². The van der Waals surface area contributed by atoms with Crippen molar-refractivity contribution in [2.45, 2.75) is 19.5 Å². The molecule has 1 aromatic carbocycles. The van der Waals surface area contributed by atoms with Gasteiger partial charge in [0.2, 0.25) is 0 Å². The van der Waals surface area contributed by atoms with Crippen LogP contribution >= 0.6 is 11.6 Å². The molecule has 0 atom stereocenters. The molecule has 0 aliphatic carbocycles.